The van der Waals surface area contributed by atoms with E-state index in [9.17, 15) is 9.59 Å². The van der Waals surface area contributed by atoms with E-state index in [1.54, 1.807) is 43.2 Å². The van der Waals surface area contributed by atoms with Gasteiger partial charge in [0.15, 0.2) is 11.5 Å². The number of benzene rings is 2. The van der Waals surface area contributed by atoms with Gasteiger partial charge in [-0.3, -0.25) is 9.59 Å². The fourth-order valence-corrected chi connectivity index (χ4v) is 3.48. The van der Waals surface area contributed by atoms with E-state index in [-0.39, 0.29) is 18.2 Å². The van der Waals surface area contributed by atoms with Crippen LogP contribution in [0.3, 0.4) is 0 Å². The van der Waals surface area contributed by atoms with Crippen molar-refractivity contribution in [3.63, 3.8) is 0 Å². The number of halogens is 1. The summed E-state index contributed by atoms with van der Waals surface area (Å²) in [6.45, 7) is 2.32. The molecule has 148 valence electrons. The average Bonchev–Trinajstić information content (AvgIpc) is 2.68. The third-order valence-corrected chi connectivity index (χ3v) is 5.52. The first-order valence-corrected chi connectivity index (χ1v) is 9.34. The SMILES string of the molecule is COc1ccc(NC(=O)C2(C)CCN2C(=O)Cc2ccccc2Cl)cc1OC. The molecule has 28 heavy (non-hydrogen) atoms. The Hall–Kier alpha value is -2.73. The monoisotopic (exact) mass is 402 g/mol. The first-order chi connectivity index (χ1) is 13.4. The van der Waals surface area contributed by atoms with Crippen molar-refractivity contribution in [1.29, 1.82) is 0 Å². The maximum atomic E-state index is 12.9. The van der Waals surface area contributed by atoms with Crippen LogP contribution >= 0.6 is 11.6 Å². The molecule has 0 aromatic heterocycles. The molecule has 0 bridgehead atoms. The smallest absolute Gasteiger partial charge is 0.250 e. The third kappa shape index (κ3) is 3.78. The van der Waals surface area contributed by atoms with E-state index < -0.39 is 5.54 Å². The van der Waals surface area contributed by atoms with Crippen molar-refractivity contribution in [3.05, 3.63) is 53.1 Å². The first-order valence-electron chi connectivity index (χ1n) is 8.96. The molecule has 1 saturated heterocycles. The largest absolute Gasteiger partial charge is 0.493 e. The van der Waals surface area contributed by atoms with Crippen LogP contribution in [0.1, 0.15) is 18.9 Å². The number of methoxy groups -OCH3 is 2. The van der Waals surface area contributed by atoms with E-state index in [2.05, 4.69) is 5.32 Å². The number of carbonyl (C=O) groups is 2. The summed E-state index contributed by atoms with van der Waals surface area (Å²) >= 11 is 6.16. The van der Waals surface area contributed by atoms with Gasteiger partial charge < -0.3 is 19.7 Å². The Morgan fingerprint density at radius 1 is 1.14 bits per heavy atom. The number of nitrogens with zero attached hydrogens (tertiary/aromatic N) is 1. The molecule has 0 saturated carbocycles. The van der Waals surface area contributed by atoms with Crippen molar-refractivity contribution in [2.24, 2.45) is 0 Å². The van der Waals surface area contributed by atoms with Gasteiger partial charge in [0, 0.05) is 23.3 Å². The van der Waals surface area contributed by atoms with E-state index >= 15 is 0 Å². The standard InChI is InChI=1S/C21H23ClN2O4/c1-21(20(26)23-15-8-9-17(27-2)18(13-15)28-3)10-11-24(21)19(25)12-14-6-4-5-7-16(14)22/h4-9,13H,10-12H2,1-3H3,(H,23,26). The van der Waals surface area contributed by atoms with Crippen LogP contribution in [-0.4, -0.2) is 43.0 Å². The maximum Gasteiger partial charge on any atom is 0.250 e. The second-order valence-corrected chi connectivity index (χ2v) is 7.27. The van der Waals surface area contributed by atoms with E-state index in [0.717, 1.165) is 5.56 Å². The number of ether oxygens (including phenoxy) is 2. The summed E-state index contributed by atoms with van der Waals surface area (Å²) in [4.78, 5) is 27.3. The van der Waals surface area contributed by atoms with Crippen molar-refractivity contribution in [1.82, 2.24) is 4.90 Å². The summed E-state index contributed by atoms with van der Waals surface area (Å²) in [5, 5.41) is 3.42. The Balaban J connectivity index is 1.71. The topological polar surface area (TPSA) is 67.9 Å². The number of amides is 2. The van der Waals surface area contributed by atoms with Crippen LogP contribution in [-0.2, 0) is 16.0 Å². The molecule has 7 heteroatoms. The average molecular weight is 403 g/mol. The van der Waals surface area contributed by atoms with Gasteiger partial charge >= 0.3 is 0 Å². The van der Waals surface area contributed by atoms with E-state index in [1.165, 1.54) is 7.11 Å². The molecule has 0 radical (unpaired) electrons. The third-order valence-electron chi connectivity index (χ3n) is 5.15. The van der Waals surface area contributed by atoms with E-state index in [4.69, 9.17) is 21.1 Å². The fourth-order valence-electron chi connectivity index (χ4n) is 3.27. The Morgan fingerprint density at radius 3 is 2.46 bits per heavy atom. The predicted molar refractivity (Wildman–Crippen MR) is 108 cm³/mol. The quantitative estimate of drug-likeness (QED) is 0.802. The molecule has 6 nitrogen and oxygen atoms in total. The van der Waals surface area contributed by atoms with Gasteiger partial charge in [-0.1, -0.05) is 29.8 Å². The summed E-state index contributed by atoms with van der Waals surface area (Å²) in [6.07, 6.45) is 0.763. The van der Waals surface area contributed by atoms with Gasteiger partial charge in [-0.05, 0) is 37.1 Å². The zero-order valence-electron chi connectivity index (χ0n) is 16.1. The lowest BCUT2D eigenvalue weighted by atomic mass is 9.84. The van der Waals surface area contributed by atoms with Crippen molar-refractivity contribution in [2.75, 3.05) is 26.1 Å². The summed E-state index contributed by atoms with van der Waals surface area (Å²) in [5.74, 6) is 0.736. The van der Waals surface area contributed by atoms with Crippen LogP contribution in [0.25, 0.3) is 0 Å². The fraction of sp³-hybridized carbons (Fsp3) is 0.333. The normalized spacial score (nSPS) is 18.2. The Morgan fingerprint density at radius 2 is 1.86 bits per heavy atom. The second-order valence-electron chi connectivity index (χ2n) is 6.86. The molecular weight excluding hydrogens is 380 g/mol. The zero-order valence-corrected chi connectivity index (χ0v) is 16.9. The molecule has 1 aliphatic heterocycles. The van der Waals surface area contributed by atoms with Gasteiger partial charge in [0.2, 0.25) is 11.8 Å². The number of hydrogen-bond acceptors (Lipinski definition) is 4. The lowest BCUT2D eigenvalue weighted by Gasteiger charge is -2.49. The van der Waals surface area contributed by atoms with Crippen LogP contribution < -0.4 is 14.8 Å². The van der Waals surface area contributed by atoms with E-state index in [1.807, 2.05) is 18.2 Å². The molecule has 1 heterocycles. The van der Waals surface area contributed by atoms with Crippen LogP contribution in [0, 0.1) is 0 Å². The molecule has 1 unspecified atom stereocenters. The minimum absolute atomic E-state index is 0.121. The number of hydrogen-bond donors (Lipinski definition) is 1. The molecule has 1 aliphatic rings. The lowest BCUT2D eigenvalue weighted by molar-refractivity contribution is -0.154. The van der Waals surface area contributed by atoms with Crippen molar-refractivity contribution in [2.45, 2.75) is 25.3 Å². The van der Waals surface area contributed by atoms with Gasteiger partial charge in [-0.15, -0.1) is 0 Å². The molecular formula is C21H23ClN2O4. The minimum Gasteiger partial charge on any atom is -0.493 e. The van der Waals surface area contributed by atoms with Gasteiger partial charge in [-0.2, -0.15) is 0 Å². The molecule has 2 amide bonds. The molecule has 1 atom stereocenters. The predicted octanol–water partition coefficient (Wildman–Crippen LogP) is 3.53. The van der Waals surface area contributed by atoms with Gasteiger partial charge in [0.25, 0.3) is 0 Å². The summed E-state index contributed by atoms with van der Waals surface area (Å²) < 4.78 is 10.5. The Kier molecular flexibility index (Phi) is 5.79. The van der Waals surface area contributed by atoms with Gasteiger partial charge in [0.05, 0.1) is 20.6 Å². The minimum atomic E-state index is -0.897. The number of anilines is 1. The maximum absolute atomic E-state index is 12.9. The van der Waals surface area contributed by atoms with Crippen LogP contribution in [0.2, 0.25) is 5.02 Å². The molecule has 2 aromatic carbocycles. The Bertz CT molecular complexity index is 902. The number of rotatable bonds is 6. The van der Waals surface area contributed by atoms with Crippen molar-refractivity contribution >= 4 is 29.1 Å². The number of carbonyl (C=O) groups excluding carboxylic acids is 2. The lowest BCUT2D eigenvalue weighted by Crippen LogP contribution is -2.66. The number of likely N-dealkylation sites (tertiary alicyclic amines) is 1. The highest BCUT2D eigenvalue weighted by Crippen LogP contribution is 2.34. The Labute approximate surface area is 169 Å². The zero-order chi connectivity index (χ0) is 20.3. The highest BCUT2D eigenvalue weighted by Gasteiger charge is 2.49. The summed E-state index contributed by atoms with van der Waals surface area (Å²) in [7, 11) is 3.08. The first kappa shape index (κ1) is 20.0. The van der Waals surface area contributed by atoms with Crippen LogP contribution in [0.4, 0.5) is 5.69 Å². The van der Waals surface area contributed by atoms with E-state index in [0.29, 0.717) is 35.2 Å². The summed E-state index contributed by atoms with van der Waals surface area (Å²) in [6, 6.07) is 12.4. The molecule has 0 aliphatic carbocycles. The molecule has 0 spiro atoms. The molecule has 1 N–H and O–H groups in total. The van der Waals surface area contributed by atoms with Crippen molar-refractivity contribution in [3.8, 4) is 11.5 Å². The molecule has 2 aromatic rings. The number of nitrogens with one attached hydrogen (secondary N) is 1. The second kappa shape index (κ2) is 8.10. The molecule has 1 fully saturated rings. The summed E-state index contributed by atoms with van der Waals surface area (Å²) in [5.41, 5.74) is 0.434. The van der Waals surface area contributed by atoms with Gasteiger partial charge in [0.1, 0.15) is 5.54 Å². The van der Waals surface area contributed by atoms with Gasteiger partial charge in [-0.25, -0.2) is 0 Å². The van der Waals surface area contributed by atoms with Crippen LogP contribution in [0.5, 0.6) is 11.5 Å². The molecule has 3 rings (SSSR count). The highest BCUT2D eigenvalue weighted by molar-refractivity contribution is 6.31. The highest BCUT2D eigenvalue weighted by atomic mass is 35.5. The van der Waals surface area contributed by atoms with Crippen LogP contribution in [0.15, 0.2) is 42.5 Å². The van der Waals surface area contributed by atoms with Crippen molar-refractivity contribution < 1.29 is 19.1 Å².